The minimum absolute atomic E-state index is 0. The molecule has 0 saturated heterocycles. The van der Waals surface area contributed by atoms with Crippen molar-refractivity contribution in [3.63, 3.8) is 0 Å². The summed E-state index contributed by atoms with van der Waals surface area (Å²) in [4.78, 5) is 8.41. The number of hydrogen-bond acceptors (Lipinski definition) is 10. The molecule has 0 bridgehead atoms. The number of nitrogens with zero attached hydrogens (tertiary/aromatic N) is 2. The Morgan fingerprint density at radius 3 is 2.04 bits per heavy atom. The van der Waals surface area contributed by atoms with Crippen LogP contribution in [-0.2, 0) is 10.0 Å². The molecule has 10 nitrogen and oxygen atoms in total. The summed E-state index contributed by atoms with van der Waals surface area (Å²) in [5, 5.41) is 26.8. The van der Waals surface area contributed by atoms with E-state index in [0.29, 0.717) is 11.6 Å². The van der Waals surface area contributed by atoms with E-state index in [0.717, 1.165) is 0 Å². The largest absolute Gasteiger partial charge is 1.00 e. The van der Waals surface area contributed by atoms with Gasteiger partial charge in [-0.25, -0.2) is 13.6 Å². The second-order valence-corrected chi connectivity index (χ2v) is 5.75. The summed E-state index contributed by atoms with van der Waals surface area (Å²) in [6.07, 6.45) is -2.33. The fraction of sp³-hybridized carbons (Fsp3) is 0.100. The van der Waals surface area contributed by atoms with Gasteiger partial charge in [0, 0.05) is 5.69 Å². The van der Waals surface area contributed by atoms with Gasteiger partial charge in [-0.2, -0.15) is 0 Å². The third-order valence-corrected chi connectivity index (χ3v) is 3.27. The van der Waals surface area contributed by atoms with E-state index in [2.05, 4.69) is 9.59 Å². The van der Waals surface area contributed by atoms with E-state index in [1.165, 1.54) is 35.8 Å². The third-order valence-electron chi connectivity index (χ3n) is 1.75. The summed E-state index contributed by atoms with van der Waals surface area (Å²) < 4.78 is 29.7. The maximum atomic E-state index is 10.7. The van der Waals surface area contributed by atoms with Gasteiger partial charge in [0.25, 0.3) is 0 Å². The van der Waals surface area contributed by atoms with Crippen molar-refractivity contribution in [2.24, 2.45) is 5.14 Å². The number of alkyl halides is 1. The Morgan fingerprint density at radius 1 is 1.24 bits per heavy atom. The summed E-state index contributed by atoms with van der Waals surface area (Å²) in [7, 11) is -3.58. The van der Waals surface area contributed by atoms with Crippen LogP contribution < -0.4 is 129 Å². The molecule has 0 unspecified atom stereocenters. The predicted octanol–water partition coefficient (Wildman–Crippen LogP) is -7.41. The quantitative estimate of drug-likeness (QED) is 0.255. The van der Waals surface area contributed by atoms with E-state index >= 15 is 0 Å². The molecule has 0 saturated carbocycles. The van der Waals surface area contributed by atoms with Crippen LogP contribution in [-0.4, -0.2) is 30.2 Å². The van der Waals surface area contributed by atoms with E-state index in [4.69, 9.17) is 42.2 Å². The molecule has 1 aromatic heterocycles. The van der Waals surface area contributed by atoms with Gasteiger partial charge in [-0.15, -0.1) is 0 Å². The molecule has 25 heavy (non-hydrogen) atoms. The Hall–Kier alpha value is 1.12. The van der Waals surface area contributed by atoms with Crippen molar-refractivity contribution in [3.05, 3.63) is 29.6 Å². The molecule has 0 spiro atoms. The van der Waals surface area contributed by atoms with Gasteiger partial charge in [0.1, 0.15) is 0 Å². The molecule has 2 aromatic rings. The molecule has 0 fully saturated rings. The zero-order valence-electron chi connectivity index (χ0n) is 13.3. The maximum absolute atomic E-state index is 10.7. The number of nitrogen functional groups attached to an aromatic ring is 1. The van der Waals surface area contributed by atoms with E-state index in [9.17, 15) is 8.42 Å². The molecular weight excluding hydrogens is 450 g/mol. The number of aromatic nitrogens is 2. The number of ether oxygens (including phenoxy) is 1. The summed E-state index contributed by atoms with van der Waals surface area (Å²) in [6, 6.07) is 5.83. The minimum Gasteiger partial charge on any atom is -0.652 e. The number of hydrogen-bond donors (Lipinski definition) is 2. The zero-order valence-corrected chi connectivity index (χ0v) is 21.9. The molecule has 0 radical (unpaired) electrons. The average Bonchev–Trinajstić information content (AvgIpc) is 2.92. The summed E-state index contributed by atoms with van der Waals surface area (Å²) in [5.74, 6) is 0.491. The van der Waals surface area contributed by atoms with Crippen molar-refractivity contribution < 1.29 is 131 Å². The van der Waals surface area contributed by atoms with E-state index < -0.39 is 16.2 Å². The molecule has 0 amide bonds. The molecule has 0 atom stereocenters. The van der Waals surface area contributed by atoms with Crippen LogP contribution in [0.5, 0.6) is 5.88 Å². The number of primary sulfonamides is 1. The van der Waals surface area contributed by atoms with Crippen molar-refractivity contribution in [2.75, 3.05) is 11.8 Å². The molecule has 0 aliphatic carbocycles. The fourth-order valence-corrected chi connectivity index (χ4v) is 1.94. The van der Waals surface area contributed by atoms with Crippen molar-refractivity contribution >= 4 is 45.0 Å². The predicted molar refractivity (Wildman–Crippen MR) is 78.9 cm³/mol. The Labute approximate surface area is 238 Å². The maximum Gasteiger partial charge on any atom is 1.00 e. The van der Waals surface area contributed by atoms with Crippen molar-refractivity contribution in [1.82, 2.24) is 9.59 Å². The van der Waals surface area contributed by atoms with Crippen LogP contribution in [0.4, 0.5) is 10.5 Å². The van der Waals surface area contributed by atoms with E-state index in [-0.39, 0.29) is 114 Å². The van der Waals surface area contributed by atoms with Gasteiger partial charge < -0.3 is 25.5 Å². The van der Waals surface area contributed by atoms with Crippen LogP contribution in [0, 0.1) is 0 Å². The van der Waals surface area contributed by atoms with Gasteiger partial charge in [-0.05, 0) is 42.0 Å². The molecule has 4 N–H and O–H groups in total. The van der Waals surface area contributed by atoms with Crippen LogP contribution in [0.3, 0.4) is 0 Å². The molecule has 2 rings (SSSR count). The van der Waals surface area contributed by atoms with Crippen LogP contribution in [0.1, 0.15) is 0 Å². The van der Waals surface area contributed by atoms with Gasteiger partial charge in [0.15, 0.2) is 6.07 Å². The van der Waals surface area contributed by atoms with Crippen molar-refractivity contribution in [3.8, 4) is 5.88 Å². The Balaban J connectivity index is -0.000000308. The standard InChI is InChI=1S/C6H8N2O2S.C3H3ClN2OS.CH2O3.2K/c7-5-1-3-6(4-2-5)11(8,9)10;4-2-7-3-1-8-6-5-3;2-1(3)4;;/h1-4H,7H2,(H2,8,9,10);1H,2H2;(H2,2,3,4);;/q;;;2*+1/p-2. The van der Waals surface area contributed by atoms with Crippen molar-refractivity contribution in [2.45, 2.75) is 4.90 Å². The van der Waals surface area contributed by atoms with Crippen LogP contribution in [0.2, 0.25) is 0 Å². The number of benzene rings is 1. The first-order valence-electron chi connectivity index (χ1n) is 5.39. The number of carbonyl (C=O) groups is 1. The molecular formula is C10H11ClK2N4O6S2. The van der Waals surface area contributed by atoms with Gasteiger partial charge in [-0.3, -0.25) is 0 Å². The smallest absolute Gasteiger partial charge is 0.652 e. The van der Waals surface area contributed by atoms with E-state index in [1.807, 2.05) is 0 Å². The number of rotatable bonds is 3. The fourth-order valence-electron chi connectivity index (χ4n) is 0.932. The number of carbonyl (C=O) groups excluding carboxylic acids is 1. The monoisotopic (exact) mass is 460 g/mol. The second-order valence-electron chi connectivity index (χ2n) is 3.36. The molecule has 128 valence electrons. The SMILES string of the molecule is ClCOc1csnn1.Nc1ccc(S(N)(=O)=O)cc1.O=C([O-])[O-].[K+].[K+]. The van der Waals surface area contributed by atoms with Crippen LogP contribution in [0.15, 0.2) is 34.5 Å². The first-order valence-corrected chi connectivity index (χ1v) is 8.30. The van der Waals surface area contributed by atoms with Crippen molar-refractivity contribution in [1.29, 1.82) is 0 Å². The third kappa shape index (κ3) is 18.3. The van der Waals surface area contributed by atoms with Crippen LogP contribution in [0.25, 0.3) is 0 Å². The van der Waals surface area contributed by atoms with E-state index in [1.54, 1.807) is 5.38 Å². The van der Waals surface area contributed by atoms with Gasteiger partial charge in [0.05, 0.1) is 10.3 Å². The van der Waals surface area contributed by atoms with Crippen LogP contribution >= 0.6 is 23.1 Å². The zero-order chi connectivity index (χ0) is 17.9. The first-order chi connectivity index (χ1) is 10.7. The average molecular weight is 461 g/mol. The Bertz CT molecular complexity index is 684. The van der Waals surface area contributed by atoms with Gasteiger partial charge in [0.2, 0.25) is 15.9 Å². The number of halogens is 1. The topological polar surface area (TPSA) is 184 Å². The Kier molecular flexibility index (Phi) is 21.3. The number of sulfonamides is 1. The second kappa shape index (κ2) is 17.2. The minimum atomic E-state index is -3.58. The number of anilines is 1. The van der Waals surface area contributed by atoms with Gasteiger partial charge >= 0.3 is 103 Å². The summed E-state index contributed by atoms with van der Waals surface area (Å²) >= 11 is 6.44. The first kappa shape index (κ1) is 30.8. The molecule has 1 heterocycles. The molecule has 0 aliphatic heterocycles. The molecule has 15 heteroatoms. The number of nitrogens with two attached hydrogens (primary N) is 2. The number of carboxylic acid groups (broad SMARTS) is 2. The molecule has 0 aliphatic rings. The Morgan fingerprint density at radius 2 is 1.72 bits per heavy atom. The summed E-state index contributed by atoms with van der Waals surface area (Å²) in [6.45, 7) is 0. The summed E-state index contributed by atoms with van der Waals surface area (Å²) in [5.41, 5.74) is 5.85. The molecule has 1 aromatic carbocycles. The normalized spacial score (nSPS) is 8.88. The van der Waals surface area contributed by atoms with Gasteiger partial charge in [-0.1, -0.05) is 21.2 Å².